The molecule has 198 valence electrons. The van der Waals surface area contributed by atoms with Gasteiger partial charge in [0.2, 0.25) is 0 Å². The van der Waals surface area contributed by atoms with Gasteiger partial charge in [-0.3, -0.25) is 9.36 Å². The zero-order valence-electron chi connectivity index (χ0n) is 21.2. The molecule has 2 heterocycles. The minimum atomic E-state index is -0.722. The second kappa shape index (κ2) is 12.6. The van der Waals surface area contributed by atoms with Crippen LogP contribution < -0.4 is 19.6 Å². The summed E-state index contributed by atoms with van der Waals surface area (Å²) < 4.78 is 13.2. The molecular weight excluding hydrogens is 543 g/mol. The lowest BCUT2D eigenvalue weighted by Gasteiger charge is -2.24. The number of fused-ring (bicyclic) bond motifs is 1. The van der Waals surface area contributed by atoms with Crippen molar-refractivity contribution in [2.45, 2.75) is 39.2 Å². The number of aromatic nitrogens is 1. The van der Waals surface area contributed by atoms with Crippen LogP contribution in [0.5, 0.6) is 5.75 Å². The molecule has 0 spiro atoms. The van der Waals surface area contributed by atoms with Crippen molar-refractivity contribution in [3.63, 3.8) is 0 Å². The molecule has 1 aromatic heterocycles. The smallest absolute Gasteiger partial charge is 0.338 e. The van der Waals surface area contributed by atoms with Crippen LogP contribution in [0.25, 0.3) is 6.08 Å². The van der Waals surface area contributed by atoms with Crippen LogP contribution in [0.15, 0.2) is 76.2 Å². The number of thiazole rings is 1. The molecule has 0 saturated heterocycles. The van der Waals surface area contributed by atoms with E-state index in [1.54, 1.807) is 31.2 Å². The summed E-state index contributed by atoms with van der Waals surface area (Å²) in [7, 11) is 0. The predicted molar refractivity (Wildman–Crippen MR) is 153 cm³/mol. The van der Waals surface area contributed by atoms with Crippen LogP contribution in [0.4, 0.5) is 0 Å². The minimum absolute atomic E-state index is 0.0480. The van der Waals surface area contributed by atoms with E-state index in [1.807, 2.05) is 24.3 Å². The van der Waals surface area contributed by atoms with E-state index < -0.39 is 12.0 Å². The lowest BCUT2D eigenvalue weighted by atomic mass is 9.96. The molecule has 0 radical (unpaired) electrons. The maximum atomic E-state index is 13.7. The van der Waals surface area contributed by atoms with E-state index in [-0.39, 0.29) is 12.2 Å². The maximum absolute atomic E-state index is 13.7. The predicted octanol–water partition coefficient (Wildman–Crippen LogP) is 5.84. The van der Waals surface area contributed by atoms with Crippen LogP contribution in [-0.4, -0.2) is 23.8 Å². The Balaban J connectivity index is 1.81. The first-order valence-corrected chi connectivity index (χ1v) is 13.9. The van der Waals surface area contributed by atoms with Crippen molar-refractivity contribution >= 4 is 46.6 Å². The van der Waals surface area contributed by atoms with Gasteiger partial charge in [0, 0.05) is 10.0 Å². The molecule has 4 rings (SSSR count). The largest absolute Gasteiger partial charge is 0.494 e. The number of nitrogens with zero attached hydrogens (tertiary/aromatic N) is 2. The Morgan fingerprint density at radius 1 is 1.18 bits per heavy atom. The Kier molecular flexibility index (Phi) is 9.26. The summed E-state index contributed by atoms with van der Waals surface area (Å²) in [6, 6.07) is 11.8. The molecule has 6 nitrogen and oxygen atoms in total. The summed E-state index contributed by atoms with van der Waals surface area (Å²) in [6.07, 6.45) is 6.41. The van der Waals surface area contributed by atoms with Crippen molar-refractivity contribution in [2.75, 3.05) is 13.2 Å². The molecule has 0 fully saturated rings. The lowest BCUT2D eigenvalue weighted by molar-refractivity contribution is -0.138. The number of allylic oxidation sites excluding steroid dienone is 1. The van der Waals surface area contributed by atoms with E-state index in [4.69, 9.17) is 32.7 Å². The Hall–Kier alpha value is -3.13. The van der Waals surface area contributed by atoms with Crippen LogP contribution in [0.2, 0.25) is 10.0 Å². The first kappa shape index (κ1) is 27.9. The second-order valence-electron chi connectivity index (χ2n) is 8.76. The van der Waals surface area contributed by atoms with Gasteiger partial charge in [0.25, 0.3) is 5.56 Å². The molecular formula is C29H28Cl2N2O4S. The molecule has 1 unspecified atom stereocenters. The molecule has 1 aliphatic rings. The van der Waals surface area contributed by atoms with Crippen molar-refractivity contribution in [1.29, 1.82) is 0 Å². The highest BCUT2D eigenvalue weighted by Crippen LogP contribution is 2.32. The Bertz CT molecular complexity index is 1550. The molecule has 0 N–H and O–H groups in total. The topological polar surface area (TPSA) is 69.9 Å². The van der Waals surface area contributed by atoms with Gasteiger partial charge in [-0.1, -0.05) is 85.2 Å². The van der Waals surface area contributed by atoms with E-state index >= 15 is 0 Å². The summed E-state index contributed by atoms with van der Waals surface area (Å²) in [5, 5.41) is 0.934. The quantitative estimate of drug-likeness (QED) is 0.174. The molecule has 2 aromatic carbocycles. The molecule has 38 heavy (non-hydrogen) atoms. The summed E-state index contributed by atoms with van der Waals surface area (Å²) >= 11 is 13.6. The Morgan fingerprint density at radius 2 is 1.95 bits per heavy atom. The average molecular weight is 572 g/mol. The normalized spacial score (nSPS) is 15.2. The molecule has 0 saturated carbocycles. The van der Waals surface area contributed by atoms with Gasteiger partial charge < -0.3 is 9.47 Å². The fourth-order valence-electron chi connectivity index (χ4n) is 4.16. The molecule has 9 heteroatoms. The average Bonchev–Trinajstić information content (AvgIpc) is 3.20. The fourth-order valence-corrected chi connectivity index (χ4v) is 5.66. The van der Waals surface area contributed by atoms with Gasteiger partial charge in [0.15, 0.2) is 4.80 Å². The molecule has 0 bridgehead atoms. The monoisotopic (exact) mass is 570 g/mol. The number of unbranched alkanes of at least 4 members (excludes halogenated alkanes) is 2. The number of halogens is 2. The van der Waals surface area contributed by atoms with E-state index in [2.05, 4.69) is 18.5 Å². The second-order valence-corrected chi connectivity index (χ2v) is 10.6. The Morgan fingerprint density at radius 3 is 2.63 bits per heavy atom. The van der Waals surface area contributed by atoms with E-state index in [0.29, 0.717) is 42.8 Å². The fraction of sp³-hybridized carbons (Fsp3) is 0.276. The standard InChI is InChI=1S/C29H28Cl2N2O4S/c1-4-6-7-15-36-22-12-9-19(10-13-22)26-25(28(35)37-14-5-2)18(3)32-29-33(26)27(34)24(38-29)16-20-8-11-21(30)17-23(20)31/h5,8-13,16-17,26H,2,4,6-7,14-15H2,1,3H3/b24-16-. The van der Waals surface area contributed by atoms with Gasteiger partial charge in [0.1, 0.15) is 12.4 Å². The summed E-state index contributed by atoms with van der Waals surface area (Å²) in [6.45, 7) is 8.19. The molecule has 0 aliphatic carbocycles. The lowest BCUT2D eigenvalue weighted by Crippen LogP contribution is -2.39. The number of hydrogen-bond acceptors (Lipinski definition) is 6. The van der Waals surface area contributed by atoms with Gasteiger partial charge in [-0.2, -0.15) is 0 Å². The molecule has 1 aliphatic heterocycles. The van der Waals surface area contributed by atoms with Gasteiger partial charge >= 0.3 is 5.97 Å². The highest BCUT2D eigenvalue weighted by atomic mass is 35.5. The van der Waals surface area contributed by atoms with E-state index in [9.17, 15) is 9.59 Å². The third-order valence-corrected chi connectivity index (χ3v) is 7.58. The van der Waals surface area contributed by atoms with Crippen molar-refractivity contribution in [3.05, 3.63) is 107 Å². The van der Waals surface area contributed by atoms with Gasteiger partial charge in [-0.15, -0.1) is 0 Å². The first-order valence-electron chi connectivity index (χ1n) is 12.3. The van der Waals surface area contributed by atoms with Crippen molar-refractivity contribution in [1.82, 2.24) is 4.57 Å². The van der Waals surface area contributed by atoms with Crippen LogP contribution in [0.3, 0.4) is 0 Å². The van der Waals surface area contributed by atoms with Crippen molar-refractivity contribution < 1.29 is 14.3 Å². The van der Waals surface area contributed by atoms with E-state index in [0.717, 1.165) is 30.6 Å². The van der Waals surface area contributed by atoms with Gasteiger partial charge in [-0.25, -0.2) is 9.79 Å². The van der Waals surface area contributed by atoms with Gasteiger partial charge in [0.05, 0.1) is 28.5 Å². The SMILES string of the molecule is C=CCOC(=O)C1=C(C)N=c2s/c(=C\c3ccc(Cl)cc3Cl)c(=O)n2C1c1ccc(OCCCCC)cc1. The third-order valence-electron chi connectivity index (χ3n) is 6.04. The number of rotatable bonds is 10. The van der Waals surface area contributed by atoms with Crippen molar-refractivity contribution in [2.24, 2.45) is 4.99 Å². The number of esters is 1. The van der Waals surface area contributed by atoms with Crippen molar-refractivity contribution in [3.8, 4) is 5.75 Å². The summed E-state index contributed by atoms with van der Waals surface area (Å²) in [5.41, 5.74) is 1.89. The highest BCUT2D eigenvalue weighted by Gasteiger charge is 2.33. The first-order chi connectivity index (χ1) is 18.3. The summed E-state index contributed by atoms with van der Waals surface area (Å²) in [5.74, 6) is 0.178. The number of carbonyl (C=O) groups excluding carboxylic acids is 1. The van der Waals surface area contributed by atoms with Crippen LogP contribution in [0, 0.1) is 0 Å². The van der Waals surface area contributed by atoms with Crippen LogP contribution >= 0.6 is 34.5 Å². The van der Waals surface area contributed by atoms with Crippen LogP contribution in [-0.2, 0) is 9.53 Å². The number of hydrogen-bond donors (Lipinski definition) is 0. The molecule has 1 atom stereocenters. The van der Waals surface area contributed by atoms with E-state index in [1.165, 1.54) is 22.0 Å². The minimum Gasteiger partial charge on any atom is -0.494 e. The summed E-state index contributed by atoms with van der Waals surface area (Å²) in [4.78, 5) is 32.0. The zero-order valence-corrected chi connectivity index (χ0v) is 23.5. The maximum Gasteiger partial charge on any atom is 0.338 e. The molecule has 3 aromatic rings. The van der Waals surface area contributed by atoms with Crippen LogP contribution in [0.1, 0.15) is 50.3 Å². The highest BCUT2D eigenvalue weighted by molar-refractivity contribution is 7.07. The Labute approximate surface area is 235 Å². The molecule has 0 amide bonds. The third kappa shape index (κ3) is 6.12. The zero-order chi connectivity index (χ0) is 27.2. The number of benzene rings is 2. The number of carbonyl (C=O) groups is 1. The van der Waals surface area contributed by atoms with Gasteiger partial charge in [-0.05, 0) is 54.8 Å². The number of ether oxygens (including phenoxy) is 2.